The normalized spacial score (nSPS) is 22.3. The molecule has 0 radical (unpaired) electrons. The lowest BCUT2D eigenvalue weighted by atomic mass is 10.0. The van der Waals surface area contributed by atoms with Crippen LogP contribution in [0.4, 0.5) is 0 Å². The molecule has 4 unspecified atom stereocenters. The number of amides is 2. The Balaban J connectivity index is 2.79. The molecule has 1 saturated heterocycles. The maximum Gasteiger partial charge on any atom is 0.328 e. The summed E-state index contributed by atoms with van der Waals surface area (Å²) in [6.07, 6.45) is -0.125. The van der Waals surface area contributed by atoms with Gasteiger partial charge in [-0.3, -0.25) is 9.59 Å². The van der Waals surface area contributed by atoms with Gasteiger partial charge < -0.3 is 26.2 Å². The highest BCUT2D eigenvalue weighted by molar-refractivity contribution is 5.92. The molecule has 126 valence electrons. The summed E-state index contributed by atoms with van der Waals surface area (Å²) < 4.78 is 0. The van der Waals surface area contributed by atoms with E-state index < -0.39 is 36.1 Å². The Labute approximate surface area is 129 Å². The number of aliphatic carboxylic acids is 1. The molecule has 22 heavy (non-hydrogen) atoms. The number of nitrogens with one attached hydrogen (secondary N) is 1. The van der Waals surface area contributed by atoms with Gasteiger partial charge in [0.05, 0.1) is 12.1 Å². The number of hydrogen-bond acceptors (Lipinski definition) is 5. The molecule has 0 aromatic rings. The van der Waals surface area contributed by atoms with Crippen molar-refractivity contribution in [3.8, 4) is 0 Å². The van der Waals surface area contributed by atoms with Crippen LogP contribution in [-0.2, 0) is 14.4 Å². The first-order valence-corrected chi connectivity index (χ1v) is 7.44. The summed E-state index contributed by atoms with van der Waals surface area (Å²) in [7, 11) is 0. The van der Waals surface area contributed by atoms with E-state index >= 15 is 0 Å². The molecule has 1 heterocycles. The van der Waals surface area contributed by atoms with Gasteiger partial charge in [0.1, 0.15) is 6.04 Å². The largest absolute Gasteiger partial charge is 0.480 e. The van der Waals surface area contributed by atoms with Gasteiger partial charge in [0.15, 0.2) is 6.04 Å². The van der Waals surface area contributed by atoms with Crippen molar-refractivity contribution in [2.75, 3.05) is 6.54 Å². The summed E-state index contributed by atoms with van der Waals surface area (Å²) in [5.41, 5.74) is 5.84. The average Bonchev–Trinajstić information content (AvgIpc) is 2.91. The summed E-state index contributed by atoms with van der Waals surface area (Å²) in [5, 5.41) is 20.7. The smallest absolute Gasteiger partial charge is 0.328 e. The molecule has 0 bridgehead atoms. The Hall–Kier alpha value is -1.67. The van der Waals surface area contributed by atoms with Crippen LogP contribution in [0.5, 0.6) is 0 Å². The molecular formula is C14H25N3O5. The van der Waals surface area contributed by atoms with Crippen LogP contribution in [0, 0.1) is 5.92 Å². The zero-order chi connectivity index (χ0) is 17.0. The third-order valence-electron chi connectivity index (χ3n) is 3.89. The van der Waals surface area contributed by atoms with Gasteiger partial charge in [-0.2, -0.15) is 0 Å². The highest BCUT2D eigenvalue weighted by atomic mass is 16.4. The quantitative estimate of drug-likeness (QED) is 0.492. The number of carbonyl (C=O) groups is 3. The van der Waals surface area contributed by atoms with E-state index in [1.807, 2.05) is 13.8 Å². The minimum Gasteiger partial charge on any atom is -0.480 e. The molecule has 0 aliphatic carbocycles. The molecule has 1 aliphatic rings. The van der Waals surface area contributed by atoms with E-state index in [2.05, 4.69) is 5.32 Å². The zero-order valence-corrected chi connectivity index (χ0v) is 13.2. The summed E-state index contributed by atoms with van der Waals surface area (Å²) in [6, 6.07) is -2.83. The third kappa shape index (κ3) is 4.17. The Morgan fingerprint density at radius 2 is 1.86 bits per heavy atom. The maximum atomic E-state index is 12.3. The number of carboxylic acids is 1. The monoisotopic (exact) mass is 315 g/mol. The van der Waals surface area contributed by atoms with Crippen LogP contribution in [0.1, 0.15) is 33.6 Å². The van der Waals surface area contributed by atoms with Gasteiger partial charge in [-0.1, -0.05) is 13.8 Å². The average molecular weight is 315 g/mol. The number of likely N-dealkylation sites (tertiary alicyclic amines) is 1. The summed E-state index contributed by atoms with van der Waals surface area (Å²) in [5.74, 6) is -2.26. The van der Waals surface area contributed by atoms with Crippen molar-refractivity contribution in [3.05, 3.63) is 0 Å². The first-order chi connectivity index (χ1) is 10.2. The molecule has 8 heteroatoms. The maximum absolute atomic E-state index is 12.3. The van der Waals surface area contributed by atoms with Gasteiger partial charge in [0.2, 0.25) is 11.8 Å². The second kappa shape index (κ2) is 7.55. The van der Waals surface area contributed by atoms with E-state index in [4.69, 9.17) is 10.8 Å². The van der Waals surface area contributed by atoms with Crippen LogP contribution in [-0.4, -0.2) is 63.7 Å². The number of nitrogens with two attached hydrogens (primary N) is 1. The number of aliphatic hydroxyl groups excluding tert-OH is 1. The summed E-state index contributed by atoms with van der Waals surface area (Å²) in [4.78, 5) is 37.0. The fraction of sp³-hybridized carbons (Fsp3) is 0.786. The molecule has 1 fully saturated rings. The number of carboxylic acid groups (broad SMARTS) is 1. The standard InChI is InChI=1S/C14H25N3O5/c1-7(2)10(15)13(20)17-6-4-5-9(17)12(19)16-11(8(3)18)14(21)22/h7-11,18H,4-6,15H2,1-3H3,(H,16,19)(H,21,22). The highest BCUT2D eigenvalue weighted by Crippen LogP contribution is 2.20. The van der Waals surface area contributed by atoms with Crippen LogP contribution in [0.25, 0.3) is 0 Å². The highest BCUT2D eigenvalue weighted by Gasteiger charge is 2.38. The van der Waals surface area contributed by atoms with Crippen molar-refractivity contribution in [1.29, 1.82) is 0 Å². The van der Waals surface area contributed by atoms with Crippen LogP contribution >= 0.6 is 0 Å². The number of rotatable bonds is 6. The third-order valence-corrected chi connectivity index (χ3v) is 3.89. The van der Waals surface area contributed by atoms with Crippen molar-refractivity contribution < 1.29 is 24.6 Å². The minimum atomic E-state index is -1.40. The van der Waals surface area contributed by atoms with Gasteiger partial charge in [-0.15, -0.1) is 0 Å². The van der Waals surface area contributed by atoms with Crippen molar-refractivity contribution in [1.82, 2.24) is 10.2 Å². The van der Waals surface area contributed by atoms with Crippen molar-refractivity contribution in [2.24, 2.45) is 11.7 Å². The Morgan fingerprint density at radius 3 is 2.32 bits per heavy atom. The number of aliphatic hydroxyl groups is 1. The first kappa shape index (κ1) is 18.4. The fourth-order valence-electron chi connectivity index (χ4n) is 2.42. The molecule has 5 N–H and O–H groups in total. The molecule has 8 nitrogen and oxygen atoms in total. The first-order valence-electron chi connectivity index (χ1n) is 7.44. The van der Waals surface area contributed by atoms with Crippen LogP contribution in [0.15, 0.2) is 0 Å². The van der Waals surface area contributed by atoms with Crippen LogP contribution < -0.4 is 11.1 Å². The van der Waals surface area contributed by atoms with E-state index in [0.717, 1.165) is 0 Å². The molecular weight excluding hydrogens is 290 g/mol. The van der Waals surface area contributed by atoms with E-state index in [0.29, 0.717) is 19.4 Å². The topological polar surface area (TPSA) is 133 Å². The second-order valence-corrected chi connectivity index (χ2v) is 6.02. The Kier molecular flexibility index (Phi) is 6.31. The SMILES string of the molecule is CC(C)C(N)C(=O)N1CCCC1C(=O)NC(C(=O)O)C(C)O. The Bertz CT molecular complexity index is 438. The van der Waals surface area contributed by atoms with Crippen LogP contribution in [0.3, 0.4) is 0 Å². The van der Waals surface area contributed by atoms with Gasteiger partial charge in [0, 0.05) is 6.54 Å². The molecule has 0 saturated carbocycles. The molecule has 1 aliphatic heterocycles. The van der Waals surface area contributed by atoms with Gasteiger partial charge >= 0.3 is 5.97 Å². The molecule has 2 amide bonds. The van der Waals surface area contributed by atoms with Crippen LogP contribution in [0.2, 0.25) is 0 Å². The van der Waals surface area contributed by atoms with Crippen molar-refractivity contribution >= 4 is 17.8 Å². The lowest BCUT2D eigenvalue weighted by molar-refractivity contribution is -0.146. The molecule has 4 atom stereocenters. The zero-order valence-electron chi connectivity index (χ0n) is 13.2. The Morgan fingerprint density at radius 1 is 1.27 bits per heavy atom. The van der Waals surface area contributed by atoms with Crippen molar-refractivity contribution in [3.63, 3.8) is 0 Å². The molecule has 0 spiro atoms. The molecule has 0 aromatic heterocycles. The second-order valence-electron chi connectivity index (χ2n) is 6.02. The summed E-state index contributed by atoms with van der Waals surface area (Å²) in [6.45, 7) is 5.35. The number of nitrogens with zero attached hydrogens (tertiary/aromatic N) is 1. The summed E-state index contributed by atoms with van der Waals surface area (Å²) >= 11 is 0. The van der Waals surface area contributed by atoms with E-state index in [9.17, 15) is 19.5 Å². The minimum absolute atomic E-state index is 0.0546. The van der Waals surface area contributed by atoms with Crippen molar-refractivity contribution in [2.45, 2.75) is 57.8 Å². The van der Waals surface area contributed by atoms with Gasteiger partial charge in [0.25, 0.3) is 0 Å². The predicted molar refractivity (Wildman–Crippen MR) is 78.8 cm³/mol. The molecule has 0 aromatic carbocycles. The number of hydrogen-bond donors (Lipinski definition) is 4. The lowest BCUT2D eigenvalue weighted by Crippen LogP contribution is -2.56. The number of carbonyl (C=O) groups excluding carboxylic acids is 2. The van der Waals surface area contributed by atoms with Gasteiger partial charge in [-0.25, -0.2) is 4.79 Å². The van der Waals surface area contributed by atoms with Gasteiger partial charge in [-0.05, 0) is 25.7 Å². The molecule has 1 rings (SSSR count). The lowest BCUT2D eigenvalue weighted by Gasteiger charge is -2.29. The van der Waals surface area contributed by atoms with E-state index in [1.54, 1.807) is 0 Å². The fourth-order valence-corrected chi connectivity index (χ4v) is 2.42. The van der Waals surface area contributed by atoms with E-state index in [1.165, 1.54) is 11.8 Å². The van der Waals surface area contributed by atoms with E-state index in [-0.39, 0.29) is 11.8 Å². The predicted octanol–water partition coefficient (Wildman–Crippen LogP) is -1.09.